The summed E-state index contributed by atoms with van der Waals surface area (Å²) in [5.41, 5.74) is 2.30. The van der Waals surface area contributed by atoms with Crippen molar-refractivity contribution in [1.82, 2.24) is 4.90 Å². The zero-order chi connectivity index (χ0) is 20.2. The Morgan fingerprint density at radius 2 is 1.72 bits per heavy atom. The third-order valence-electron chi connectivity index (χ3n) is 5.91. The van der Waals surface area contributed by atoms with Crippen LogP contribution in [0.15, 0.2) is 48.5 Å². The molecule has 0 aromatic heterocycles. The Hall–Kier alpha value is -2.69. The number of benzene rings is 2. The van der Waals surface area contributed by atoms with Gasteiger partial charge in [0, 0.05) is 29.8 Å². The molecule has 29 heavy (non-hydrogen) atoms. The number of carbonyl (C=O) groups is 2. The molecule has 4 nitrogen and oxygen atoms in total. The Morgan fingerprint density at radius 1 is 1.00 bits per heavy atom. The van der Waals surface area contributed by atoms with Gasteiger partial charge in [0.2, 0.25) is 5.91 Å². The van der Waals surface area contributed by atoms with Gasteiger partial charge in [-0.15, -0.1) is 0 Å². The average Bonchev–Trinajstić information content (AvgIpc) is 3.45. The first-order valence-corrected chi connectivity index (χ1v) is 10.6. The predicted molar refractivity (Wildman–Crippen MR) is 111 cm³/mol. The van der Waals surface area contributed by atoms with Crippen molar-refractivity contribution in [3.8, 4) is 0 Å². The quantitative estimate of drug-likeness (QED) is 0.733. The molecule has 0 aliphatic heterocycles. The molecule has 2 aliphatic rings. The van der Waals surface area contributed by atoms with Crippen LogP contribution in [0.5, 0.6) is 0 Å². The summed E-state index contributed by atoms with van der Waals surface area (Å²) < 4.78 is 13.2. The minimum Gasteiger partial charge on any atom is -0.335 e. The number of amides is 2. The van der Waals surface area contributed by atoms with Crippen molar-refractivity contribution in [2.75, 3.05) is 11.9 Å². The minimum atomic E-state index is -0.248. The van der Waals surface area contributed by atoms with Crippen molar-refractivity contribution < 1.29 is 14.0 Å². The molecule has 152 valence electrons. The summed E-state index contributed by atoms with van der Waals surface area (Å²) in [5.74, 6) is -0.0809. The van der Waals surface area contributed by atoms with Crippen LogP contribution in [0.25, 0.3) is 0 Å². The summed E-state index contributed by atoms with van der Waals surface area (Å²) in [7, 11) is 0. The Kier molecular flexibility index (Phi) is 5.93. The van der Waals surface area contributed by atoms with Crippen LogP contribution in [0.1, 0.15) is 54.4 Å². The van der Waals surface area contributed by atoms with Crippen LogP contribution in [0.4, 0.5) is 10.1 Å². The molecule has 4 rings (SSSR count). The highest BCUT2D eigenvalue weighted by Crippen LogP contribution is 2.30. The van der Waals surface area contributed by atoms with Crippen molar-refractivity contribution in [2.45, 2.75) is 51.0 Å². The van der Waals surface area contributed by atoms with Crippen LogP contribution in [-0.4, -0.2) is 29.3 Å². The fourth-order valence-electron chi connectivity index (χ4n) is 4.05. The van der Waals surface area contributed by atoms with E-state index < -0.39 is 0 Å². The zero-order valence-corrected chi connectivity index (χ0v) is 16.6. The highest BCUT2D eigenvalue weighted by atomic mass is 19.1. The van der Waals surface area contributed by atoms with E-state index in [2.05, 4.69) is 5.32 Å². The molecule has 0 radical (unpaired) electrons. The molecule has 0 bridgehead atoms. The van der Waals surface area contributed by atoms with Gasteiger partial charge in [0.15, 0.2) is 0 Å². The second kappa shape index (κ2) is 8.76. The zero-order valence-electron chi connectivity index (χ0n) is 16.6. The van der Waals surface area contributed by atoms with Gasteiger partial charge in [0.1, 0.15) is 5.82 Å². The molecule has 2 amide bonds. The molecule has 0 heterocycles. The first kappa shape index (κ1) is 19.6. The smallest absolute Gasteiger partial charge is 0.254 e. The number of carbonyl (C=O) groups excluding carboxylic acids is 2. The third kappa shape index (κ3) is 5.03. The lowest BCUT2D eigenvalue weighted by Gasteiger charge is -2.29. The maximum absolute atomic E-state index is 13.3. The van der Waals surface area contributed by atoms with Gasteiger partial charge in [-0.25, -0.2) is 4.39 Å². The summed E-state index contributed by atoms with van der Waals surface area (Å²) >= 11 is 0. The van der Waals surface area contributed by atoms with Crippen LogP contribution < -0.4 is 5.32 Å². The fraction of sp³-hybridized carbons (Fsp3) is 0.417. The summed E-state index contributed by atoms with van der Waals surface area (Å²) in [5, 5.41) is 2.93. The molecule has 0 atom stereocenters. The Bertz CT molecular complexity index is 871. The van der Waals surface area contributed by atoms with Crippen LogP contribution in [-0.2, 0) is 11.2 Å². The van der Waals surface area contributed by atoms with Crippen molar-refractivity contribution in [2.24, 2.45) is 5.92 Å². The molecule has 2 aromatic carbocycles. The largest absolute Gasteiger partial charge is 0.335 e. The maximum Gasteiger partial charge on any atom is 0.254 e. The molecule has 2 aromatic rings. The van der Waals surface area contributed by atoms with Gasteiger partial charge in [0.25, 0.3) is 5.91 Å². The first-order valence-electron chi connectivity index (χ1n) is 10.6. The average molecular weight is 394 g/mol. The van der Waals surface area contributed by atoms with Crippen molar-refractivity contribution in [3.05, 3.63) is 65.5 Å². The molecule has 2 aliphatic carbocycles. The predicted octanol–water partition coefficient (Wildman–Crippen LogP) is 4.80. The van der Waals surface area contributed by atoms with E-state index >= 15 is 0 Å². The molecule has 1 N–H and O–H groups in total. The van der Waals surface area contributed by atoms with E-state index in [0.29, 0.717) is 24.2 Å². The van der Waals surface area contributed by atoms with Crippen molar-refractivity contribution in [1.29, 1.82) is 0 Å². The Balaban J connectivity index is 1.48. The molecule has 2 fully saturated rings. The van der Waals surface area contributed by atoms with E-state index in [1.54, 1.807) is 18.2 Å². The fourth-order valence-corrected chi connectivity index (χ4v) is 4.05. The molecular formula is C24H27FN2O2. The van der Waals surface area contributed by atoms with Gasteiger partial charge in [-0.05, 0) is 68.0 Å². The lowest BCUT2D eigenvalue weighted by atomic mass is 10.1. The number of nitrogens with one attached hydrogen (secondary N) is 1. The molecule has 5 heteroatoms. The van der Waals surface area contributed by atoms with Gasteiger partial charge < -0.3 is 10.2 Å². The summed E-state index contributed by atoms with van der Waals surface area (Å²) in [6, 6.07) is 14.0. The van der Waals surface area contributed by atoms with E-state index in [1.165, 1.54) is 12.1 Å². The maximum atomic E-state index is 13.3. The number of hydrogen-bond acceptors (Lipinski definition) is 2. The molecule has 0 unspecified atom stereocenters. The number of halogens is 1. The van der Waals surface area contributed by atoms with E-state index in [9.17, 15) is 14.0 Å². The van der Waals surface area contributed by atoms with Crippen molar-refractivity contribution >= 4 is 17.5 Å². The topological polar surface area (TPSA) is 49.4 Å². The van der Waals surface area contributed by atoms with E-state index in [0.717, 1.165) is 44.1 Å². The second-order valence-electron chi connectivity index (χ2n) is 8.16. The highest BCUT2D eigenvalue weighted by molar-refractivity contribution is 5.98. The second-order valence-corrected chi connectivity index (χ2v) is 8.16. The highest BCUT2D eigenvalue weighted by Gasteiger charge is 2.30. The number of anilines is 1. The van der Waals surface area contributed by atoms with Crippen LogP contribution in [0, 0.1) is 11.7 Å². The Morgan fingerprint density at radius 3 is 2.41 bits per heavy atom. The van der Waals surface area contributed by atoms with Crippen molar-refractivity contribution in [3.63, 3.8) is 0 Å². The standard InChI is InChI=1S/C24H27FN2O2/c25-20-12-8-17(9-13-20)14-15-27(22-6-1-2-7-22)24(29)19-4-3-5-21(16-19)26-23(28)18-10-11-18/h3-5,8-9,12-13,16,18,22H,1-2,6-7,10-11,14-15H2,(H,26,28). The van der Waals surface area contributed by atoms with E-state index in [1.807, 2.05) is 23.1 Å². The SMILES string of the molecule is O=C(Nc1cccc(C(=O)N(CCc2ccc(F)cc2)C2CCCC2)c1)C1CC1. The number of hydrogen-bond donors (Lipinski definition) is 1. The third-order valence-corrected chi connectivity index (χ3v) is 5.91. The molecule has 2 saturated carbocycles. The monoisotopic (exact) mass is 394 g/mol. The summed E-state index contributed by atoms with van der Waals surface area (Å²) in [6.07, 6.45) is 6.92. The summed E-state index contributed by atoms with van der Waals surface area (Å²) in [4.78, 5) is 27.4. The van der Waals surface area contributed by atoms with Gasteiger partial charge in [-0.3, -0.25) is 9.59 Å². The van der Waals surface area contributed by atoms with Gasteiger partial charge in [-0.1, -0.05) is 31.0 Å². The lowest BCUT2D eigenvalue weighted by Crippen LogP contribution is -2.40. The number of rotatable bonds is 7. The van der Waals surface area contributed by atoms with Crippen LogP contribution in [0.2, 0.25) is 0 Å². The normalized spacial score (nSPS) is 16.6. The molecule has 0 spiro atoms. The van der Waals surface area contributed by atoms with Gasteiger partial charge >= 0.3 is 0 Å². The van der Waals surface area contributed by atoms with E-state index in [4.69, 9.17) is 0 Å². The van der Waals surface area contributed by atoms with Gasteiger partial charge in [-0.2, -0.15) is 0 Å². The Labute approximate surface area is 171 Å². The van der Waals surface area contributed by atoms with E-state index in [-0.39, 0.29) is 29.6 Å². The lowest BCUT2D eigenvalue weighted by molar-refractivity contribution is -0.117. The minimum absolute atomic E-state index is 0.00142. The van der Waals surface area contributed by atoms with Crippen LogP contribution >= 0.6 is 0 Å². The van der Waals surface area contributed by atoms with Gasteiger partial charge in [0.05, 0.1) is 0 Å². The first-order chi connectivity index (χ1) is 14.1. The molecular weight excluding hydrogens is 367 g/mol. The molecule has 0 saturated heterocycles. The number of nitrogens with zero attached hydrogens (tertiary/aromatic N) is 1. The summed E-state index contributed by atoms with van der Waals surface area (Å²) in [6.45, 7) is 0.605. The van der Waals surface area contributed by atoms with Crippen LogP contribution in [0.3, 0.4) is 0 Å².